The monoisotopic (exact) mass is 281 g/mol. The lowest BCUT2D eigenvalue weighted by Gasteiger charge is -2.14. The van der Waals surface area contributed by atoms with Crippen molar-refractivity contribution in [1.82, 2.24) is 4.98 Å². The second-order valence-electron chi connectivity index (χ2n) is 3.99. The minimum Gasteiger partial charge on any atom is -0.497 e. The van der Waals surface area contributed by atoms with Crippen LogP contribution in [0.25, 0.3) is 11.1 Å². The Morgan fingerprint density at radius 3 is 2.55 bits per heavy atom. The van der Waals surface area contributed by atoms with Crippen molar-refractivity contribution < 1.29 is 22.7 Å². The van der Waals surface area contributed by atoms with Crippen LogP contribution in [0, 0.1) is 0 Å². The second-order valence-corrected chi connectivity index (χ2v) is 3.99. The van der Waals surface area contributed by atoms with Gasteiger partial charge in [-0.1, -0.05) is 0 Å². The molecule has 0 radical (unpaired) electrons. The van der Waals surface area contributed by atoms with Crippen molar-refractivity contribution in [3.63, 3.8) is 0 Å². The zero-order valence-electron chi connectivity index (χ0n) is 10.4. The van der Waals surface area contributed by atoms with Crippen molar-refractivity contribution >= 4 is 6.29 Å². The minimum absolute atomic E-state index is 0.114. The molecule has 0 bridgehead atoms. The Hall–Kier alpha value is -2.37. The summed E-state index contributed by atoms with van der Waals surface area (Å²) in [5, 5.41) is 0. The van der Waals surface area contributed by atoms with E-state index in [9.17, 15) is 18.0 Å². The van der Waals surface area contributed by atoms with Gasteiger partial charge in [0, 0.05) is 23.5 Å². The topological polar surface area (TPSA) is 39.2 Å². The van der Waals surface area contributed by atoms with E-state index in [0.29, 0.717) is 12.0 Å². The number of methoxy groups -OCH3 is 1. The van der Waals surface area contributed by atoms with Gasteiger partial charge in [-0.25, -0.2) is 0 Å². The molecule has 0 spiro atoms. The second kappa shape index (κ2) is 5.32. The standard InChI is InChI=1S/C14H10F3NO2/c1-20-10-2-3-11(9(6-10)8-19)12-7-18-5-4-13(12)14(15,16)17/h2-8H,1H3. The van der Waals surface area contributed by atoms with Crippen molar-refractivity contribution in [2.45, 2.75) is 6.18 Å². The molecular weight excluding hydrogens is 271 g/mol. The van der Waals surface area contributed by atoms with Gasteiger partial charge in [-0.3, -0.25) is 9.78 Å². The van der Waals surface area contributed by atoms with Gasteiger partial charge in [0.15, 0.2) is 6.29 Å². The van der Waals surface area contributed by atoms with Gasteiger partial charge in [0.05, 0.1) is 12.7 Å². The van der Waals surface area contributed by atoms with Crippen LogP contribution in [0.4, 0.5) is 13.2 Å². The predicted molar refractivity (Wildman–Crippen MR) is 66.6 cm³/mol. The highest BCUT2D eigenvalue weighted by Gasteiger charge is 2.34. The zero-order chi connectivity index (χ0) is 14.8. The molecule has 2 aromatic rings. The van der Waals surface area contributed by atoms with E-state index in [1.54, 1.807) is 0 Å². The third kappa shape index (κ3) is 2.64. The van der Waals surface area contributed by atoms with E-state index in [1.165, 1.54) is 25.3 Å². The molecule has 20 heavy (non-hydrogen) atoms. The number of aromatic nitrogens is 1. The maximum Gasteiger partial charge on any atom is 0.417 e. The molecule has 104 valence electrons. The van der Waals surface area contributed by atoms with Gasteiger partial charge in [0.1, 0.15) is 5.75 Å². The summed E-state index contributed by atoms with van der Waals surface area (Å²) in [5.74, 6) is 0.397. The van der Waals surface area contributed by atoms with Crippen molar-refractivity contribution in [2.24, 2.45) is 0 Å². The summed E-state index contributed by atoms with van der Waals surface area (Å²) in [7, 11) is 1.41. The number of nitrogens with zero attached hydrogens (tertiary/aromatic N) is 1. The van der Waals surface area contributed by atoms with Crippen molar-refractivity contribution in [1.29, 1.82) is 0 Å². The Morgan fingerprint density at radius 2 is 1.95 bits per heavy atom. The number of carbonyl (C=O) groups excluding carboxylic acids is 1. The molecule has 2 rings (SSSR count). The number of ether oxygens (including phenoxy) is 1. The van der Waals surface area contributed by atoms with Crippen LogP contribution >= 0.6 is 0 Å². The van der Waals surface area contributed by atoms with E-state index in [1.807, 2.05) is 0 Å². The normalized spacial score (nSPS) is 11.2. The molecule has 1 aromatic heterocycles. The average molecular weight is 281 g/mol. The summed E-state index contributed by atoms with van der Waals surface area (Å²) < 4.78 is 43.9. The quantitative estimate of drug-likeness (QED) is 0.807. The van der Waals surface area contributed by atoms with Crippen LogP contribution in [0.3, 0.4) is 0 Å². The van der Waals surface area contributed by atoms with Crippen LogP contribution in [0.15, 0.2) is 36.7 Å². The van der Waals surface area contributed by atoms with E-state index in [4.69, 9.17) is 4.74 Å². The Bertz CT molecular complexity index is 639. The zero-order valence-corrected chi connectivity index (χ0v) is 10.4. The molecule has 3 nitrogen and oxygen atoms in total. The number of pyridine rings is 1. The van der Waals surface area contributed by atoms with Gasteiger partial charge < -0.3 is 4.74 Å². The highest BCUT2D eigenvalue weighted by molar-refractivity contribution is 5.89. The van der Waals surface area contributed by atoms with E-state index < -0.39 is 11.7 Å². The molecule has 0 fully saturated rings. The minimum atomic E-state index is -4.52. The SMILES string of the molecule is COc1ccc(-c2cnccc2C(F)(F)F)c(C=O)c1. The highest BCUT2D eigenvalue weighted by atomic mass is 19.4. The maximum absolute atomic E-state index is 13.0. The number of carbonyl (C=O) groups is 1. The first-order valence-corrected chi connectivity index (χ1v) is 5.62. The van der Waals surface area contributed by atoms with Gasteiger partial charge in [-0.2, -0.15) is 13.2 Å². The van der Waals surface area contributed by atoms with E-state index in [0.717, 1.165) is 18.5 Å². The van der Waals surface area contributed by atoms with Gasteiger partial charge in [0.25, 0.3) is 0 Å². The largest absolute Gasteiger partial charge is 0.497 e. The van der Waals surface area contributed by atoms with Crippen LogP contribution in [-0.2, 0) is 6.18 Å². The van der Waals surface area contributed by atoms with E-state index >= 15 is 0 Å². The maximum atomic E-state index is 13.0. The number of hydrogen-bond acceptors (Lipinski definition) is 3. The molecule has 0 N–H and O–H groups in total. The predicted octanol–water partition coefficient (Wildman–Crippen LogP) is 3.59. The first-order chi connectivity index (χ1) is 9.47. The number of alkyl halides is 3. The average Bonchev–Trinajstić information content (AvgIpc) is 2.45. The van der Waals surface area contributed by atoms with Crippen LogP contribution < -0.4 is 4.74 Å². The highest BCUT2D eigenvalue weighted by Crippen LogP contribution is 2.37. The lowest BCUT2D eigenvalue weighted by atomic mass is 9.97. The van der Waals surface area contributed by atoms with Crippen LogP contribution in [-0.4, -0.2) is 18.4 Å². The third-order valence-corrected chi connectivity index (χ3v) is 2.80. The summed E-state index contributed by atoms with van der Waals surface area (Å²) >= 11 is 0. The first-order valence-electron chi connectivity index (χ1n) is 5.62. The number of benzene rings is 1. The molecule has 1 aromatic carbocycles. The van der Waals surface area contributed by atoms with Crippen LogP contribution in [0.1, 0.15) is 15.9 Å². The molecule has 0 unspecified atom stereocenters. The molecule has 0 aliphatic heterocycles. The molecule has 0 atom stereocenters. The molecule has 0 aliphatic carbocycles. The molecule has 0 aliphatic rings. The lowest BCUT2D eigenvalue weighted by molar-refractivity contribution is -0.137. The van der Waals surface area contributed by atoms with Crippen molar-refractivity contribution in [3.05, 3.63) is 47.8 Å². The molecular formula is C14H10F3NO2. The summed E-state index contributed by atoms with van der Waals surface area (Å²) in [6.07, 6.45) is -1.86. The fourth-order valence-corrected chi connectivity index (χ4v) is 1.87. The third-order valence-electron chi connectivity index (χ3n) is 2.80. The number of hydrogen-bond donors (Lipinski definition) is 0. The van der Waals surface area contributed by atoms with Gasteiger partial charge in [-0.05, 0) is 29.8 Å². The smallest absolute Gasteiger partial charge is 0.417 e. The lowest BCUT2D eigenvalue weighted by Crippen LogP contribution is -2.08. The van der Waals surface area contributed by atoms with Gasteiger partial charge in [-0.15, -0.1) is 0 Å². The van der Waals surface area contributed by atoms with E-state index in [-0.39, 0.29) is 16.7 Å². The Kier molecular flexibility index (Phi) is 3.74. The Balaban J connectivity index is 2.66. The summed E-state index contributed by atoms with van der Waals surface area (Å²) in [5.41, 5.74) is -0.686. The van der Waals surface area contributed by atoms with Crippen molar-refractivity contribution in [3.8, 4) is 16.9 Å². The summed E-state index contributed by atoms with van der Waals surface area (Å²) in [6.45, 7) is 0. The van der Waals surface area contributed by atoms with Gasteiger partial charge >= 0.3 is 6.18 Å². The molecule has 1 heterocycles. The molecule has 0 saturated heterocycles. The summed E-state index contributed by atoms with van der Waals surface area (Å²) in [4.78, 5) is 14.8. The molecule has 0 amide bonds. The van der Waals surface area contributed by atoms with Crippen molar-refractivity contribution in [2.75, 3.05) is 7.11 Å². The molecule has 0 saturated carbocycles. The Labute approximate surface area is 113 Å². The number of aldehydes is 1. The fraction of sp³-hybridized carbons (Fsp3) is 0.143. The molecule has 6 heteroatoms. The number of halogens is 3. The Morgan fingerprint density at radius 1 is 1.20 bits per heavy atom. The number of rotatable bonds is 3. The van der Waals surface area contributed by atoms with Crippen LogP contribution in [0.5, 0.6) is 5.75 Å². The van der Waals surface area contributed by atoms with E-state index in [2.05, 4.69) is 4.98 Å². The van der Waals surface area contributed by atoms with Gasteiger partial charge in [0.2, 0.25) is 0 Å². The first kappa shape index (κ1) is 14.0. The summed E-state index contributed by atoms with van der Waals surface area (Å²) in [6, 6.07) is 5.17. The van der Waals surface area contributed by atoms with Crippen LogP contribution in [0.2, 0.25) is 0 Å². The fourth-order valence-electron chi connectivity index (χ4n) is 1.87.